The third-order valence-electron chi connectivity index (χ3n) is 1.19. The van der Waals surface area contributed by atoms with Gasteiger partial charge in [0.15, 0.2) is 0 Å². The topological polar surface area (TPSA) is 0 Å². The van der Waals surface area contributed by atoms with Gasteiger partial charge in [-0.15, -0.1) is 0 Å². The molecule has 0 bridgehead atoms. The molecule has 9 heavy (non-hydrogen) atoms. The van der Waals surface area contributed by atoms with Crippen molar-refractivity contribution in [3.63, 3.8) is 0 Å². The van der Waals surface area contributed by atoms with E-state index in [2.05, 4.69) is 26.5 Å². The van der Waals surface area contributed by atoms with Crippen LogP contribution in [-0.2, 0) is 0 Å². The molecule has 0 atom stereocenters. The Balaban J connectivity index is 3.67. The Labute approximate surface area is 57.6 Å². The van der Waals surface area contributed by atoms with Crippen LogP contribution in [0.5, 0.6) is 0 Å². The van der Waals surface area contributed by atoms with Gasteiger partial charge in [-0.05, 0) is 13.3 Å². The zero-order valence-electron chi connectivity index (χ0n) is 6.22. The molecule has 0 aromatic heterocycles. The molecule has 0 heterocycles. The quantitative estimate of drug-likeness (QED) is 0.504. The Bertz CT molecular complexity index is 127. The Hall–Kier alpha value is -0.780. The fourth-order valence-corrected chi connectivity index (χ4v) is 0.416. The number of allylic oxidation sites excluding steroid dienone is 5. The van der Waals surface area contributed by atoms with Crippen LogP contribution in [0.1, 0.15) is 20.3 Å². The average Bonchev–Trinajstić information content (AvgIpc) is 1.89. The summed E-state index contributed by atoms with van der Waals surface area (Å²) in [4.78, 5) is 0. The minimum atomic E-state index is 1.13. The lowest BCUT2D eigenvalue weighted by atomic mass is 10.2. The van der Waals surface area contributed by atoms with Crippen LogP contribution >= 0.6 is 0 Å². The van der Waals surface area contributed by atoms with Crippen LogP contribution in [0.3, 0.4) is 0 Å². The summed E-state index contributed by atoms with van der Waals surface area (Å²) in [7, 11) is 0. The first-order valence-electron chi connectivity index (χ1n) is 3.26. The first-order chi connectivity index (χ1) is 4.31. The summed E-state index contributed by atoms with van der Waals surface area (Å²) in [5.41, 5.74) is 1.40. The molecule has 0 fully saturated rings. The second-order valence-corrected chi connectivity index (χ2v) is 1.99. The molecule has 0 aromatic carbocycles. The maximum atomic E-state index is 3.57. The summed E-state index contributed by atoms with van der Waals surface area (Å²) in [6, 6.07) is 0. The molecule has 0 aromatic rings. The highest BCUT2D eigenvalue weighted by atomic mass is 13.8. The minimum Gasteiger partial charge on any atom is -0.0991 e. The van der Waals surface area contributed by atoms with E-state index < -0.39 is 0 Å². The number of rotatable bonds is 3. The molecule has 0 aliphatic carbocycles. The molecule has 0 aliphatic heterocycles. The highest BCUT2D eigenvalue weighted by molar-refractivity contribution is 5.13. The van der Waals surface area contributed by atoms with Gasteiger partial charge in [-0.2, -0.15) is 0 Å². The summed E-state index contributed by atoms with van der Waals surface area (Å²) < 4.78 is 0. The SMILES string of the molecule is C=C/C=C\C=C(\C)CC. The van der Waals surface area contributed by atoms with E-state index in [1.807, 2.05) is 12.2 Å². The fraction of sp³-hybridized carbons (Fsp3) is 0.333. The Morgan fingerprint density at radius 2 is 2.11 bits per heavy atom. The molecule has 0 heteroatoms. The van der Waals surface area contributed by atoms with Gasteiger partial charge in [0.1, 0.15) is 0 Å². The normalized spacial score (nSPS) is 12.4. The number of hydrogen-bond donors (Lipinski definition) is 0. The van der Waals surface area contributed by atoms with Crippen molar-refractivity contribution in [3.8, 4) is 0 Å². The molecule has 0 spiro atoms. The molecule has 0 saturated carbocycles. The van der Waals surface area contributed by atoms with Gasteiger partial charge in [-0.25, -0.2) is 0 Å². The van der Waals surface area contributed by atoms with Crippen molar-refractivity contribution in [1.29, 1.82) is 0 Å². The van der Waals surface area contributed by atoms with E-state index in [0.29, 0.717) is 0 Å². The van der Waals surface area contributed by atoms with Crippen molar-refractivity contribution in [1.82, 2.24) is 0 Å². The van der Waals surface area contributed by atoms with Crippen LogP contribution in [0.2, 0.25) is 0 Å². The first-order valence-corrected chi connectivity index (χ1v) is 3.26. The van der Waals surface area contributed by atoms with Crippen molar-refractivity contribution in [3.05, 3.63) is 36.5 Å². The molecular formula is C9H14. The van der Waals surface area contributed by atoms with Crippen LogP contribution in [0.15, 0.2) is 36.5 Å². The van der Waals surface area contributed by atoms with Crippen molar-refractivity contribution in [2.45, 2.75) is 20.3 Å². The maximum absolute atomic E-state index is 3.57. The molecular weight excluding hydrogens is 108 g/mol. The van der Waals surface area contributed by atoms with Crippen LogP contribution in [0.25, 0.3) is 0 Å². The van der Waals surface area contributed by atoms with Gasteiger partial charge in [0.2, 0.25) is 0 Å². The molecule has 0 aliphatic rings. The molecule has 0 amide bonds. The van der Waals surface area contributed by atoms with Gasteiger partial charge >= 0.3 is 0 Å². The van der Waals surface area contributed by atoms with Crippen molar-refractivity contribution >= 4 is 0 Å². The monoisotopic (exact) mass is 122 g/mol. The smallest absolute Gasteiger partial charge is 0.0349 e. The lowest BCUT2D eigenvalue weighted by Gasteiger charge is -1.87. The molecule has 0 N–H and O–H groups in total. The van der Waals surface area contributed by atoms with E-state index in [4.69, 9.17) is 0 Å². The largest absolute Gasteiger partial charge is 0.0991 e. The predicted octanol–water partition coefficient (Wildman–Crippen LogP) is 3.08. The van der Waals surface area contributed by atoms with Crippen LogP contribution in [0, 0.1) is 0 Å². The lowest BCUT2D eigenvalue weighted by molar-refractivity contribution is 1.10. The van der Waals surface area contributed by atoms with Gasteiger partial charge in [0.05, 0.1) is 0 Å². The molecule has 0 saturated heterocycles. The summed E-state index contributed by atoms with van der Waals surface area (Å²) in [6.07, 6.45) is 8.94. The molecule has 50 valence electrons. The van der Waals surface area contributed by atoms with Gasteiger partial charge in [0.25, 0.3) is 0 Å². The maximum Gasteiger partial charge on any atom is -0.0349 e. The lowest BCUT2D eigenvalue weighted by Crippen LogP contribution is -1.66. The van der Waals surface area contributed by atoms with E-state index in [1.165, 1.54) is 5.57 Å². The van der Waals surface area contributed by atoms with Crippen LogP contribution in [0.4, 0.5) is 0 Å². The summed E-state index contributed by atoms with van der Waals surface area (Å²) in [5, 5.41) is 0. The summed E-state index contributed by atoms with van der Waals surface area (Å²) in [5.74, 6) is 0. The van der Waals surface area contributed by atoms with Crippen molar-refractivity contribution < 1.29 is 0 Å². The van der Waals surface area contributed by atoms with Gasteiger partial charge < -0.3 is 0 Å². The fourth-order valence-electron chi connectivity index (χ4n) is 0.416. The second kappa shape index (κ2) is 5.36. The highest BCUT2D eigenvalue weighted by Gasteiger charge is 1.76. The minimum absolute atomic E-state index is 1.13. The van der Waals surface area contributed by atoms with Crippen molar-refractivity contribution in [2.75, 3.05) is 0 Å². The van der Waals surface area contributed by atoms with E-state index in [9.17, 15) is 0 Å². The average molecular weight is 122 g/mol. The first kappa shape index (κ1) is 8.22. The van der Waals surface area contributed by atoms with E-state index in [0.717, 1.165) is 6.42 Å². The van der Waals surface area contributed by atoms with Gasteiger partial charge in [-0.1, -0.05) is 43.4 Å². The van der Waals surface area contributed by atoms with Gasteiger partial charge in [-0.3, -0.25) is 0 Å². The molecule has 0 rings (SSSR count). The summed E-state index contributed by atoms with van der Waals surface area (Å²) in [6.45, 7) is 7.83. The van der Waals surface area contributed by atoms with E-state index >= 15 is 0 Å². The predicted molar refractivity (Wildman–Crippen MR) is 43.4 cm³/mol. The van der Waals surface area contributed by atoms with Gasteiger partial charge in [0, 0.05) is 0 Å². The Morgan fingerprint density at radius 1 is 1.44 bits per heavy atom. The highest BCUT2D eigenvalue weighted by Crippen LogP contribution is 1.96. The third-order valence-corrected chi connectivity index (χ3v) is 1.19. The molecule has 0 unspecified atom stereocenters. The zero-order valence-corrected chi connectivity index (χ0v) is 6.22. The standard InChI is InChI=1S/C9H14/c1-4-6-7-8-9(3)5-2/h4,6-8H,1,5H2,2-3H3/b7-6-,9-8-. The Kier molecular flexibility index (Phi) is 4.89. The third kappa shape index (κ3) is 5.09. The van der Waals surface area contributed by atoms with E-state index in [1.54, 1.807) is 6.08 Å². The molecule has 0 radical (unpaired) electrons. The number of hydrogen-bond acceptors (Lipinski definition) is 0. The molecule has 0 nitrogen and oxygen atoms in total. The zero-order chi connectivity index (χ0) is 7.11. The summed E-state index contributed by atoms with van der Waals surface area (Å²) >= 11 is 0. The second-order valence-electron chi connectivity index (χ2n) is 1.99. The van der Waals surface area contributed by atoms with Crippen LogP contribution in [-0.4, -0.2) is 0 Å². The van der Waals surface area contributed by atoms with Crippen LogP contribution < -0.4 is 0 Å². The Morgan fingerprint density at radius 3 is 2.56 bits per heavy atom. The van der Waals surface area contributed by atoms with E-state index in [-0.39, 0.29) is 0 Å². The van der Waals surface area contributed by atoms with Crippen molar-refractivity contribution in [2.24, 2.45) is 0 Å².